The first-order valence-electron chi connectivity index (χ1n) is 23.7. The molecule has 0 spiro atoms. The predicted octanol–water partition coefficient (Wildman–Crippen LogP) is 15.3. The van der Waals surface area contributed by atoms with Crippen molar-refractivity contribution < 1.29 is 28.9 Å². The van der Waals surface area contributed by atoms with E-state index >= 15 is 0 Å². The molecule has 0 bridgehead atoms. The van der Waals surface area contributed by atoms with E-state index < -0.39 is 6.37 Å². The molecular weight excluding hydrogens is 950 g/mol. The van der Waals surface area contributed by atoms with Gasteiger partial charge in [0.05, 0.1) is 22.3 Å². The third-order valence-electron chi connectivity index (χ3n) is 13.3. The number of benzene rings is 6. The Labute approximate surface area is 390 Å². The molecule has 2 aliphatic rings. The molecule has 8 aromatic rings. The van der Waals surface area contributed by atoms with E-state index in [1.165, 1.54) is 43.2 Å². The van der Waals surface area contributed by atoms with Crippen LogP contribution >= 0.6 is 0 Å². The van der Waals surface area contributed by atoms with Gasteiger partial charge in [-0.05, 0) is 101 Å². The zero-order valence-corrected chi connectivity index (χ0v) is 38.8. The summed E-state index contributed by atoms with van der Waals surface area (Å²) in [5.74, 6) is 1.38. The Kier molecular flexibility index (Phi) is 11.7. The maximum absolute atomic E-state index is 11.5. The molecule has 2 aromatic heterocycles. The van der Waals surface area contributed by atoms with E-state index in [0.717, 1.165) is 87.0 Å². The number of aromatic hydroxyl groups is 1. The molecule has 0 amide bonds. The Morgan fingerprint density at radius 2 is 1.38 bits per heavy atom. The van der Waals surface area contributed by atoms with Gasteiger partial charge in [-0.15, -0.1) is 29.3 Å². The Morgan fingerprint density at radius 3 is 2.14 bits per heavy atom. The minimum Gasteiger partial charge on any atom is -0.507 e. The van der Waals surface area contributed by atoms with Gasteiger partial charge in [0.25, 0.3) is 0 Å². The summed E-state index contributed by atoms with van der Waals surface area (Å²) in [6.07, 6.45) is 10.9. The van der Waals surface area contributed by atoms with Gasteiger partial charge in [0.15, 0.2) is 0 Å². The number of phenols is 1. The molecule has 10 rings (SSSR count). The summed E-state index contributed by atoms with van der Waals surface area (Å²) in [6.45, 7) is 6.72. The molecule has 6 aromatic carbocycles. The Bertz CT molecular complexity index is 2960. The van der Waals surface area contributed by atoms with Crippen LogP contribution in [0.4, 0.5) is 0 Å². The van der Waals surface area contributed by atoms with Crippen molar-refractivity contribution in [3.8, 4) is 67.5 Å². The molecule has 2 fully saturated rings. The zero-order valence-electron chi connectivity index (χ0n) is 38.5. The molecule has 0 atom stereocenters. The second-order valence-corrected chi connectivity index (χ2v) is 18.5. The number of pyridine rings is 1. The van der Waals surface area contributed by atoms with Gasteiger partial charge in [0.2, 0.25) is 0 Å². The quantitative estimate of drug-likeness (QED) is 0.147. The maximum Gasteiger partial charge on any atom is 0.148 e. The van der Waals surface area contributed by atoms with Gasteiger partial charge >= 0.3 is 0 Å². The van der Waals surface area contributed by atoms with Crippen molar-refractivity contribution in [1.82, 2.24) is 14.5 Å². The third-order valence-corrected chi connectivity index (χ3v) is 13.3. The number of fused-ring (bicyclic) bond motifs is 1. The van der Waals surface area contributed by atoms with Gasteiger partial charge in [-0.25, -0.2) is 4.98 Å². The van der Waals surface area contributed by atoms with E-state index in [1.807, 2.05) is 60.8 Å². The summed E-state index contributed by atoms with van der Waals surface area (Å²) < 4.78 is 20.9. The summed E-state index contributed by atoms with van der Waals surface area (Å²) in [7, 11) is 0. The van der Waals surface area contributed by atoms with Crippen LogP contribution in [0.15, 0.2) is 146 Å². The minimum absolute atomic E-state index is 0. The number of imidazole rings is 1. The Hall–Kier alpha value is -5.57. The van der Waals surface area contributed by atoms with Crippen LogP contribution in [0.3, 0.4) is 0 Å². The number of aromatic nitrogens is 3. The number of nitrogens with zero attached hydrogens (tertiary/aromatic N) is 3. The van der Waals surface area contributed by atoms with Crippen molar-refractivity contribution in [2.45, 2.75) is 96.3 Å². The van der Waals surface area contributed by atoms with E-state index in [9.17, 15) is 7.85 Å². The fraction of sp³-hybridized carbons (Fsp3) is 0.276. The average Bonchev–Trinajstić information content (AvgIpc) is 4.02. The van der Waals surface area contributed by atoms with Crippen LogP contribution in [0, 0.1) is 12.0 Å². The monoisotopic (exact) mass is 1010 g/mol. The molecule has 0 radical (unpaired) electrons. The Morgan fingerprint density at radius 1 is 0.667 bits per heavy atom. The van der Waals surface area contributed by atoms with E-state index in [1.54, 1.807) is 6.07 Å². The molecule has 0 aliphatic heterocycles. The summed E-state index contributed by atoms with van der Waals surface area (Å²) >= 11 is 0. The number of hydrogen-bond donors (Lipinski definition) is 1. The van der Waals surface area contributed by atoms with Gasteiger partial charge in [-0.3, -0.25) is 9.55 Å². The minimum atomic E-state index is -1.47. The first-order valence-corrected chi connectivity index (χ1v) is 22.7. The second-order valence-electron chi connectivity index (χ2n) is 18.5. The van der Waals surface area contributed by atoms with Gasteiger partial charge in [0.1, 0.15) is 11.6 Å². The third kappa shape index (κ3) is 8.85. The molecule has 63 heavy (non-hydrogen) atoms. The maximum atomic E-state index is 11.5. The number of rotatable bonds is 9. The summed E-state index contributed by atoms with van der Waals surface area (Å²) in [4.78, 5) is 10.4. The van der Waals surface area contributed by atoms with Crippen molar-refractivity contribution in [1.29, 1.82) is 0 Å². The van der Waals surface area contributed by atoms with Crippen molar-refractivity contribution in [3.63, 3.8) is 0 Å². The van der Waals surface area contributed by atoms with Crippen LogP contribution < -0.4 is 0 Å². The SMILES string of the molecule is [2H]C([2H])(c1ccc(-n2c(-c3ccccc3O)nc3c(-c4[c-]c(-c5cc(-c6ccc(C7CCCCC7)cc6)ccn5)cc(C(C)(C)C)c4)cccc32)c(-c2ccccc2)c1)C1CCCC1.[Pt]. The van der Waals surface area contributed by atoms with Crippen LogP contribution in [0.1, 0.15) is 104 Å². The number of hydrogen-bond acceptors (Lipinski definition) is 3. The van der Waals surface area contributed by atoms with Crippen LogP contribution in [0.5, 0.6) is 5.75 Å². The van der Waals surface area contributed by atoms with Gasteiger partial charge in [-0.1, -0.05) is 168 Å². The molecule has 2 saturated carbocycles. The van der Waals surface area contributed by atoms with Gasteiger partial charge in [-0.2, -0.15) is 0 Å². The molecule has 5 heteroatoms. The van der Waals surface area contributed by atoms with Crippen LogP contribution in [-0.4, -0.2) is 19.6 Å². The molecular formula is C58H56N3OPt-. The summed E-state index contributed by atoms with van der Waals surface area (Å²) in [5, 5.41) is 11.5. The number of phenolic OH excluding ortho intramolecular Hbond substituents is 1. The van der Waals surface area contributed by atoms with Crippen LogP contribution in [0.25, 0.3) is 72.7 Å². The largest absolute Gasteiger partial charge is 0.507 e. The molecule has 0 saturated heterocycles. The molecule has 1 N–H and O–H groups in total. The van der Waals surface area contributed by atoms with Crippen LogP contribution in [0.2, 0.25) is 0 Å². The molecule has 4 nitrogen and oxygen atoms in total. The van der Waals surface area contributed by atoms with Crippen molar-refractivity contribution in [2.24, 2.45) is 5.92 Å². The average molecular weight is 1010 g/mol. The number of para-hydroxylation sites is 2. The zero-order chi connectivity index (χ0) is 44.0. The fourth-order valence-corrected chi connectivity index (χ4v) is 9.81. The van der Waals surface area contributed by atoms with E-state index in [0.29, 0.717) is 22.9 Å². The first kappa shape index (κ1) is 40.2. The Balaban J connectivity index is 0.00000533. The van der Waals surface area contributed by atoms with Crippen molar-refractivity contribution in [3.05, 3.63) is 168 Å². The second kappa shape index (κ2) is 18.3. The molecule has 2 aliphatic carbocycles. The molecule has 2 heterocycles. The first-order chi connectivity index (χ1) is 31.0. The standard InChI is InChI=1S/C58H56N3O.Pt/c1-58(2,3)48-36-46(35-47(37-48)52-38-45(31-32-59-52)43-28-26-42(27-29-43)41-17-6-4-7-18-41)49-22-14-23-54-56(49)60-57(50-21-12-13-24-55(50)62)61(54)53-30-25-40(33-39-15-10-11-16-39)34-51(53)44-19-8-5-9-20-44;/h5,8-9,12-14,19-32,34,36-39,41,62H,4,6-7,10-11,15-18,33H2,1-3H3;/q-1;/i33D2;. The van der Waals surface area contributed by atoms with E-state index in [2.05, 4.69) is 110 Å². The molecule has 0 unspecified atom stereocenters. The van der Waals surface area contributed by atoms with E-state index in [-0.39, 0.29) is 38.1 Å². The smallest absolute Gasteiger partial charge is 0.148 e. The normalized spacial score (nSPS) is 15.5. The van der Waals surface area contributed by atoms with Crippen molar-refractivity contribution >= 4 is 11.0 Å². The van der Waals surface area contributed by atoms with Gasteiger partial charge in [0, 0.05) is 41.3 Å². The summed E-state index contributed by atoms with van der Waals surface area (Å²) in [6, 6.07) is 51.7. The van der Waals surface area contributed by atoms with E-state index in [4.69, 9.17) is 9.97 Å². The topological polar surface area (TPSA) is 50.9 Å². The fourth-order valence-electron chi connectivity index (χ4n) is 9.81. The van der Waals surface area contributed by atoms with Crippen molar-refractivity contribution in [2.75, 3.05) is 0 Å². The predicted molar refractivity (Wildman–Crippen MR) is 257 cm³/mol. The van der Waals surface area contributed by atoms with Crippen LogP contribution in [-0.2, 0) is 32.9 Å². The van der Waals surface area contributed by atoms with Gasteiger partial charge < -0.3 is 5.11 Å². The molecule has 320 valence electrons. The summed E-state index contributed by atoms with van der Waals surface area (Å²) in [5.41, 5.74) is 14.0.